The lowest BCUT2D eigenvalue weighted by atomic mass is 9.59. The summed E-state index contributed by atoms with van der Waals surface area (Å²) < 4.78 is 6.37. The minimum atomic E-state index is 0.918. The van der Waals surface area contributed by atoms with E-state index >= 15 is 0 Å². The number of rotatable bonds is 3. The molecule has 11 aromatic rings. The zero-order valence-corrected chi connectivity index (χ0v) is 35.1. The van der Waals surface area contributed by atoms with Crippen molar-refractivity contribution in [3.8, 4) is 33.4 Å². The third-order valence-corrected chi connectivity index (χ3v) is 14.3. The zero-order valence-electron chi connectivity index (χ0n) is 35.1. The van der Waals surface area contributed by atoms with Crippen molar-refractivity contribution in [2.75, 3.05) is 0 Å². The molecule has 9 heteroatoms. The van der Waals surface area contributed by atoms with Gasteiger partial charge >= 0.3 is 0 Å². The smallest absolute Gasteiger partial charge is 0.139 e. The lowest BCUT2D eigenvalue weighted by Crippen LogP contribution is -2.50. The summed E-state index contributed by atoms with van der Waals surface area (Å²) in [6.45, 7) is 0. The van der Waals surface area contributed by atoms with Gasteiger partial charge < -0.3 is 4.42 Å². The van der Waals surface area contributed by atoms with E-state index in [4.69, 9.17) is 4.42 Å². The molecule has 0 fully saturated rings. The van der Waals surface area contributed by atoms with Crippen LogP contribution in [0, 0.1) is 0 Å². The molecule has 1 aromatic heterocycles. The van der Waals surface area contributed by atoms with Crippen molar-refractivity contribution in [1.82, 2.24) is 0 Å². The van der Waals surface area contributed by atoms with Gasteiger partial charge in [-0.3, -0.25) is 0 Å². The molecule has 1 nitrogen and oxygen atoms in total. The van der Waals surface area contributed by atoms with Gasteiger partial charge in [0.1, 0.15) is 73.9 Å². The second-order valence-electron chi connectivity index (χ2n) is 17.1. The Labute approximate surface area is 351 Å². The van der Waals surface area contributed by atoms with E-state index < -0.39 is 0 Å². The van der Waals surface area contributed by atoms with Crippen LogP contribution in [0.1, 0.15) is 0 Å². The predicted octanol–water partition coefficient (Wildman–Crippen LogP) is 0.420. The van der Waals surface area contributed by atoms with E-state index in [0.29, 0.717) is 0 Å². The average molecular weight is 741 g/mol. The normalized spacial score (nSPS) is 11.9. The summed E-state index contributed by atoms with van der Waals surface area (Å²) in [5, 5.41) is 15.3. The van der Waals surface area contributed by atoms with Crippen molar-refractivity contribution in [3.05, 3.63) is 133 Å². The van der Waals surface area contributed by atoms with Crippen LogP contribution in [0.15, 0.2) is 138 Å². The van der Waals surface area contributed by atoms with Gasteiger partial charge in [0.2, 0.25) is 0 Å². The summed E-state index contributed by atoms with van der Waals surface area (Å²) in [5.74, 6) is 0. The predicted molar refractivity (Wildman–Crippen MR) is 283 cm³/mol. The van der Waals surface area contributed by atoms with Gasteiger partial charge in [0.15, 0.2) is 0 Å². The molecule has 59 heavy (non-hydrogen) atoms. The first kappa shape index (κ1) is 35.9. The topological polar surface area (TPSA) is 13.1 Å². The van der Waals surface area contributed by atoms with Crippen molar-refractivity contribution in [2.24, 2.45) is 0 Å². The summed E-state index contributed by atoms with van der Waals surface area (Å²) in [6.07, 6.45) is 0. The number of fused-ring (bicyclic) bond motifs is 9. The molecule has 0 bridgehead atoms. The molecule has 0 unspecified atom stereocenters. The van der Waals surface area contributed by atoms with Gasteiger partial charge in [-0.1, -0.05) is 125 Å². The van der Waals surface area contributed by atoms with Gasteiger partial charge in [0, 0.05) is 10.8 Å². The van der Waals surface area contributed by atoms with Crippen molar-refractivity contribution in [3.63, 3.8) is 0 Å². The van der Waals surface area contributed by atoms with Crippen LogP contribution in [0.4, 0.5) is 0 Å². The standard InChI is InChI=1S/C50H38B8O/c51-43-39-37(25-12-9-23(10-13-25)28-16-18-35-33(21-28)34-20-26-6-1-2-7-27(26)22-36(34)59-35)40-42(46(54)50(58)48(56)44(40)52)38(41(39)45(53)49(57)47(43)55)30-15-17-32-29(19-30)14-11-24-5-3-4-8-31(24)32/h1-22H,51-58H2. The van der Waals surface area contributed by atoms with Crippen molar-refractivity contribution < 1.29 is 4.42 Å². The molecule has 0 saturated heterocycles. The fourth-order valence-corrected chi connectivity index (χ4v) is 10.3. The van der Waals surface area contributed by atoms with E-state index in [1.54, 1.807) is 0 Å². The maximum absolute atomic E-state index is 6.37. The van der Waals surface area contributed by atoms with Crippen LogP contribution in [0.25, 0.3) is 109 Å². The van der Waals surface area contributed by atoms with Crippen LogP contribution < -0.4 is 43.7 Å². The number of hydrogen-bond acceptors (Lipinski definition) is 1. The van der Waals surface area contributed by atoms with Crippen LogP contribution >= 0.6 is 0 Å². The van der Waals surface area contributed by atoms with Crippen LogP contribution in [-0.2, 0) is 0 Å². The van der Waals surface area contributed by atoms with Gasteiger partial charge in [0.25, 0.3) is 0 Å². The summed E-state index contributed by atoms with van der Waals surface area (Å²) in [7, 11) is 18.6. The molecule has 11 rings (SSSR count). The van der Waals surface area contributed by atoms with Gasteiger partial charge in [-0.25, -0.2) is 0 Å². The number of benzene rings is 10. The lowest BCUT2D eigenvalue weighted by molar-refractivity contribution is 0.669. The van der Waals surface area contributed by atoms with E-state index in [2.05, 4.69) is 196 Å². The Balaban J connectivity index is 1.18. The lowest BCUT2D eigenvalue weighted by Gasteiger charge is -2.28. The van der Waals surface area contributed by atoms with E-state index in [-0.39, 0.29) is 0 Å². The highest BCUT2D eigenvalue weighted by atomic mass is 16.3. The first-order valence-corrected chi connectivity index (χ1v) is 20.9. The first-order valence-electron chi connectivity index (χ1n) is 20.9. The molecule has 0 atom stereocenters. The monoisotopic (exact) mass is 742 g/mol. The molecule has 1 heterocycles. The average Bonchev–Trinajstić information content (AvgIpc) is 3.63. The Morgan fingerprint density at radius 1 is 0.271 bits per heavy atom. The molecule has 0 saturated carbocycles. The molecule has 0 radical (unpaired) electrons. The zero-order chi connectivity index (χ0) is 40.4. The van der Waals surface area contributed by atoms with Gasteiger partial charge in [0.05, 0.1) is 0 Å². The maximum Gasteiger partial charge on any atom is 0.139 e. The quantitative estimate of drug-likeness (QED) is 0.146. The number of hydrogen-bond donors (Lipinski definition) is 0. The Morgan fingerprint density at radius 2 is 0.729 bits per heavy atom. The summed E-state index contributed by atoms with van der Waals surface area (Å²) in [6, 6.07) is 49.5. The third kappa shape index (κ3) is 5.23. The van der Waals surface area contributed by atoms with Crippen LogP contribution in [0.3, 0.4) is 0 Å². The minimum Gasteiger partial charge on any atom is -0.456 e. The van der Waals surface area contributed by atoms with E-state index in [1.165, 1.54) is 131 Å². The molecule has 0 aliphatic heterocycles. The molecule has 0 spiro atoms. The van der Waals surface area contributed by atoms with Crippen LogP contribution in [0.2, 0.25) is 0 Å². The fourth-order valence-electron chi connectivity index (χ4n) is 10.3. The summed E-state index contributed by atoms with van der Waals surface area (Å²) >= 11 is 0. The van der Waals surface area contributed by atoms with Crippen LogP contribution in [0.5, 0.6) is 0 Å². The first-order chi connectivity index (χ1) is 28.6. The molecular weight excluding hydrogens is 703 g/mol. The second kappa shape index (κ2) is 13.2. The maximum atomic E-state index is 6.37. The second-order valence-corrected chi connectivity index (χ2v) is 17.1. The Kier molecular flexibility index (Phi) is 8.02. The van der Waals surface area contributed by atoms with Crippen LogP contribution in [-0.4, -0.2) is 62.8 Å². The Hall–Kier alpha value is -6.18. The molecule has 0 N–H and O–H groups in total. The number of furan rings is 1. The Bertz CT molecular complexity index is 3560. The van der Waals surface area contributed by atoms with Crippen molar-refractivity contribution >= 4 is 182 Å². The SMILES string of the molecule is Bc1c(B)c(B)c2c(-c3ccc4c(ccc5ccccc54)c3)c3c(B)c(B)c(B)c(B)c3c(-c3ccc(-c4ccc5oc6cc7ccccc7cc6c5c4)cc3)c2c1B. The van der Waals surface area contributed by atoms with Crippen molar-refractivity contribution in [1.29, 1.82) is 0 Å². The highest BCUT2D eigenvalue weighted by molar-refractivity contribution is 6.71. The Morgan fingerprint density at radius 3 is 1.36 bits per heavy atom. The highest BCUT2D eigenvalue weighted by Crippen LogP contribution is 2.42. The van der Waals surface area contributed by atoms with Gasteiger partial charge in [-0.05, 0) is 118 Å². The molecular formula is C50H38B8O. The molecule has 10 aromatic carbocycles. The van der Waals surface area contributed by atoms with E-state index in [1.807, 2.05) is 0 Å². The molecule has 268 valence electrons. The van der Waals surface area contributed by atoms with Gasteiger partial charge in [-0.15, -0.1) is 21.9 Å². The van der Waals surface area contributed by atoms with E-state index in [0.717, 1.165) is 21.9 Å². The third-order valence-electron chi connectivity index (χ3n) is 14.3. The van der Waals surface area contributed by atoms with Gasteiger partial charge in [-0.2, -0.15) is 0 Å². The highest BCUT2D eigenvalue weighted by Gasteiger charge is 2.25. The summed E-state index contributed by atoms with van der Waals surface area (Å²) in [4.78, 5) is 0. The molecule has 0 aliphatic rings. The minimum absolute atomic E-state index is 0.918. The van der Waals surface area contributed by atoms with Crippen molar-refractivity contribution in [2.45, 2.75) is 0 Å². The molecule has 0 aliphatic carbocycles. The van der Waals surface area contributed by atoms with E-state index in [9.17, 15) is 0 Å². The summed E-state index contributed by atoms with van der Waals surface area (Å²) in [5.41, 5.74) is 20.4. The largest absolute Gasteiger partial charge is 0.456 e. The molecule has 0 amide bonds. The fraction of sp³-hybridized carbons (Fsp3) is 0.